The van der Waals surface area contributed by atoms with Crippen molar-refractivity contribution in [2.24, 2.45) is 0 Å². The molecule has 1 atom stereocenters. The van der Waals surface area contributed by atoms with Gasteiger partial charge in [0.15, 0.2) is 0 Å². The van der Waals surface area contributed by atoms with Crippen molar-refractivity contribution in [2.75, 3.05) is 11.9 Å². The first-order chi connectivity index (χ1) is 9.61. The van der Waals surface area contributed by atoms with Gasteiger partial charge < -0.3 is 10.4 Å². The molecule has 1 aromatic carbocycles. The Morgan fingerprint density at radius 2 is 2.30 bits per heavy atom. The highest BCUT2D eigenvalue weighted by Crippen LogP contribution is 2.23. The minimum atomic E-state index is -0.684. The van der Waals surface area contributed by atoms with Crippen molar-refractivity contribution in [1.29, 1.82) is 5.26 Å². The van der Waals surface area contributed by atoms with Crippen molar-refractivity contribution >= 4 is 22.7 Å². The molecule has 2 N–H and O–H groups in total. The van der Waals surface area contributed by atoms with Gasteiger partial charge in [-0.2, -0.15) is 16.6 Å². The molecule has 0 aliphatic carbocycles. The minimum Gasteiger partial charge on any atom is -0.387 e. The van der Waals surface area contributed by atoms with E-state index in [0.29, 0.717) is 5.69 Å². The Bertz CT molecular complexity index is 649. The van der Waals surface area contributed by atoms with Crippen LogP contribution in [-0.4, -0.2) is 16.6 Å². The number of hydrogen-bond donors (Lipinski definition) is 2. The summed E-state index contributed by atoms with van der Waals surface area (Å²) < 4.78 is 0. The van der Waals surface area contributed by atoms with Gasteiger partial charge in [-0.25, -0.2) is 0 Å². The molecule has 0 aliphatic rings. The zero-order chi connectivity index (χ0) is 14.5. The second kappa shape index (κ2) is 6.14. The summed E-state index contributed by atoms with van der Waals surface area (Å²) in [5.41, 5.74) is 1.05. The molecule has 1 aromatic heterocycles. The van der Waals surface area contributed by atoms with E-state index in [1.54, 1.807) is 12.1 Å². The van der Waals surface area contributed by atoms with E-state index in [-0.39, 0.29) is 17.8 Å². The van der Waals surface area contributed by atoms with Gasteiger partial charge >= 0.3 is 0 Å². The van der Waals surface area contributed by atoms with Crippen LogP contribution in [0.2, 0.25) is 0 Å². The Labute approximate surface area is 119 Å². The lowest BCUT2D eigenvalue weighted by Crippen LogP contribution is -2.11. The molecule has 6 nitrogen and oxygen atoms in total. The lowest BCUT2D eigenvalue weighted by atomic mass is 10.1. The third-order valence-corrected chi connectivity index (χ3v) is 3.44. The molecular formula is C13H11N3O3S. The van der Waals surface area contributed by atoms with Gasteiger partial charge in [0.2, 0.25) is 0 Å². The first kappa shape index (κ1) is 14.0. The van der Waals surface area contributed by atoms with E-state index in [1.807, 2.05) is 16.8 Å². The predicted octanol–water partition coefficient (Wildman–Crippen LogP) is 2.67. The SMILES string of the molecule is N#Cc1ccc(NCC(O)c2ccsc2)cc1[N+](=O)[O-]. The molecular weight excluding hydrogens is 278 g/mol. The molecule has 0 bridgehead atoms. The lowest BCUT2D eigenvalue weighted by molar-refractivity contribution is -0.385. The van der Waals surface area contributed by atoms with Gasteiger partial charge in [-0.3, -0.25) is 10.1 Å². The predicted molar refractivity (Wildman–Crippen MR) is 75.6 cm³/mol. The molecule has 20 heavy (non-hydrogen) atoms. The summed E-state index contributed by atoms with van der Waals surface area (Å²) in [6.07, 6.45) is -0.684. The molecule has 2 rings (SSSR count). The first-order valence-corrected chi connectivity index (χ1v) is 6.68. The smallest absolute Gasteiger partial charge is 0.289 e. The monoisotopic (exact) mass is 289 g/mol. The molecule has 0 saturated carbocycles. The highest BCUT2D eigenvalue weighted by molar-refractivity contribution is 7.07. The number of anilines is 1. The highest BCUT2D eigenvalue weighted by atomic mass is 32.1. The molecule has 102 valence electrons. The van der Waals surface area contributed by atoms with Crippen LogP contribution in [0.3, 0.4) is 0 Å². The van der Waals surface area contributed by atoms with Gasteiger partial charge in [-0.05, 0) is 34.5 Å². The lowest BCUT2D eigenvalue weighted by Gasteiger charge is -2.11. The fraction of sp³-hybridized carbons (Fsp3) is 0.154. The van der Waals surface area contributed by atoms with Crippen LogP contribution in [0.15, 0.2) is 35.0 Å². The van der Waals surface area contributed by atoms with Crippen LogP contribution in [0.25, 0.3) is 0 Å². The van der Waals surface area contributed by atoms with Crippen molar-refractivity contribution in [3.05, 3.63) is 56.3 Å². The number of aliphatic hydroxyl groups excluding tert-OH is 1. The molecule has 2 aromatic rings. The van der Waals surface area contributed by atoms with Gasteiger partial charge in [0.25, 0.3) is 5.69 Å². The molecule has 0 fully saturated rings. The molecule has 1 heterocycles. The molecule has 7 heteroatoms. The number of nitrogens with zero attached hydrogens (tertiary/aromatic N) is 2. The topological polar surface area (TPSA) is 99.2 Å². The second-order valence-electron chi connectivity index (χ2n) is 4.05. The average Bonchev–Trinajstić information content (AvgIpc) is 2.98. The van der Waals surface area contributed by atoms with E-state index < -0.39 is 11.0 Å². The summed E-state index contributed by atoms with van der Waals surface area (Å²) in [4.78, 5) is 10.2. The number of nitriles is 1. The van der Waals surface area contributed by atoms with Crippen molar-refractivity contribution < 1.29 is 10.0 Å². The van der Waals surface area contributed by atoms with Crippen LogP contribution in [-0.2, 0) is 0 Å². The van der Waals surface area contributed by atoms with E-state index in [4.69, 9.17) is 5.26 Å². The van der Waals surface area contributed by atoms with E-state index in [0.717, 1.165) is 5.56 Å². The van der Waals surface area contributed by atoms with E-state index in [2.05, 4.69) is 5.32 Å². The fourth-order valence-corrected chi connectivity index (χ4v) is 2.39. The van der Waals surface area contributed by atoms with Crippen LogP contribution in [0.5, 0.6) is 0 Å². The van der Waals surface area contributed by atoms with Crippen molar-refractivity contribution in [1.82, 2.24) is 0 Å². The van der Waals surface area contributed by atoms with Crippen molar-refractivity contribution in [3.63, 3.8) is 0 Å². The second-order valence-corrected chi connectivity index (χ2v) is 4.83. The van der Waals surface area contributed by atoms with Crippen LogP contribution in [0.4, 0.5) is 11.4 Å². The van der Waals surface area contributed by atoms with Crippen LogP contribution in [0, 0.1) is 21.4 Å². The fourth-order valence-electron chi connectivity index (χ4n) is 1.68. The van der Waals surface area contributed by atoms with Gasteiger partial charge in [0.1, 0.15) is 11.6 Å². The Morgan fingerprint density at radius 1 is 1.50 bits per heavy atom. The summed E-state index contributed by atoms with van der Waals surface area (Å²) in [7, 11) is 0. The maximum absolute atomic E-state index is 10.8. The molecule has 0 amide bonds. The van der Waals surface area contributed by atoms with Crippen LogP contribution >= 0.6 is 11.3 Å². The number of rotatable bonds is 5. The number of thiophene rings is 1. The van der Waals surface area contributed by atoms with Crippen LogP contribution < -0.4 is 5.32 Å². The van der Waals surface area contributed by atoms with Gasteiger partial charge in [-0.1, -0.05) is 0 Å². The number of benzene rings is 1. The number of nitro benzene ring substituents is 1. The zero-order valence-corrected chi connectivity index (χ0v) is 11.1. The number of nitro groups is 1. The number of aliphatic hydroxyl groups is 1. The Kier molecular flexibility index (Phi) is 4.30. The third-order valence-electron chi connectivity index (χ3n) is 2.74. The van der Waals surface area contributed by atoms with Gasteiger partial charge in [0, 0.05) is 18.3 Å². The Hall–Kier alpha value is -2.43. The summed E-state index contributed by atoms with van der Waals surface area (Å²) >= 11 is 1.49. The van der Waals surface area contributed by atoms with E-state index >= 15 is 0 Å². The quantitative estimate of drug-likeness (QED) is 0.651. The summed E-state index contributed by atoms with van der Waals surface area (Å²) in [6.45, 7) is 0.236. The normalized spacial score (nSPS) is 11.6. The Morgan fingerprint density at radius 3 is 2.90 bits per heavy atom. The summed E-state index contributed by atoms with van der Waals surface area (Å²) in [5, 5.41) is 36.2. The molecule has 0 radical (unpaired) electrons. The Balaban J connectivity index is 2.09. The maximum Gasteiger partial charge on any atom is 0.289 e. The van der Waals surface area contributed by atoms with E-state index in [1.165, 1.54) is 23.5 Å². The number of hydrogen-bond acceptors (Lipinski definition) is 6. The largest absolute Gasteiger partial charge is 0.387 e. The van der Waals surface area contributed by atoms with Gasteiger partial charge in [0.05, 0.1) is 11.0 Å². The first-order valence-electron chi connectivity index (χ1n) is 5.74. The van der Waals surface area contributed by atoms with Crippen molar-refractivity contribution in [2.45, 2.75) is 6.10 Å². The molecule has 1 unspecified atom stereocenters. The van der Waals surface area contributed by atoms with Crippen molar-refractivity contribution in [3.8, 4) is 6.07 Å². The highest BCUT2D eigenvalue weighted by Gasteiger charge is 2.15. The average molecular weight is 289 g/mol. The molecule has 0 saturated heterocycles. The third kappa shape index (κ3) is 3.12. The van der Waals surface area contributed by atoms with Crippen LogP contribution in [0.1, 0.15) is 17.2 Å². The summed E-state index contributed by atoms with van der Waals surface area (Å²) in [6, 6.07) is 7.84. The standard InChI is InChI=1S/C13H11N3O3S/c14-6-9-1-2-11(5-12(9)16(18)19)15-7-13(17)10-3-4-20-8-10/h1-5,8,13,15,17H,7H2. The zero-order valence-electron chi connectivity index (χ0n) is 10.3. The molecule has 0 aliphatic heterocycles. The maximum atomic E-state index is 10.8. The number of nitrogens with one attached hydrogen (secondary N) is 1. The van der Waals surface area contributed by atoms with E-state index in [9.17, 15) is 15.2 Å². The minimum absolute atomic E-state index is 0.0129. The van der Waals surface area contributed by atoms with Gasteiger partial charge in [-0.15, -0.1) is 0 Å². The summed E-state index contributed by atoms with van der Waals surface area (Å²) in [5.74, 6) is 0. The molecule has 0 spiro atoms.